The second-order valence-corrected chi connectivity index (χ2v) is 13.9. The molecular formula is C50H31N5O. The molecule has 3 heterocycles. The van der Waals surface area contributed by atoms with Gasteiger partial charge in [0.1, 0.15) is 5.52 Å². The summed E-state index contributed by atoms with van der Waals surface area (Å²) in [4.78, 5) is 19.8. The highest BCUT2D eigenvalue weighted by atomic mass is 16.3. The molecule has 0 spiro atoms. The molecule has 0 N–H and O–H groups in total. The summed E-state index contributed by atoms with van der Waals surface area (Å²) in [6.07, 6.45) is 0. The van der Waals surface area contributed by atoms with Gasteiger partial charge < -0.3 is 8.98 Å². The lowest BCUT2D eigenvalue weighted by Gasteiger charge is -2.14. The van der Waals surface area contributed by atoms with E-state index in [1.807, 2.05) is 84.9 Å². The quantitative estimate of drug-likeness (QED) is 0.171. The Bertz CT molecular complexity index is 3150. The molecular weight excluding hydrogens is 687 g/mol. The molecule has 0 amide bonds. The number of aromatic nitrogens is 5. The van der Waals surface area contributed by atoms with Gasteiger partial charge in [0, 0.05) is 38.7 Å². The maximum Gasteiger partial charge on any atom is 0.227 e. The van der Waals surface area contributed by atoms with Crippen LogP contribution in [-0.2, 0) is 0 Å². The summed E-state index contributed by atoms with van der Waals surface area (Å²) in [5.41, 5.74) is 11.0. The molecule has 0 saturated carbocycles. The third kappa shape index (κ3) is 5.35. The predicted octanol–water partition coefficient (Wildman–Crippen LogP) is 12.6. The Labute approximate surface area is 322 Å². The SMILES string of the molecule is c1ccc(-c2nc(-c3ccccc3)nc(-c3ccc(-c4ccc(-n5c6ccccc6c6ccc(-c7nc8ccccc8o7)cc65)cc4)c4ccccc34)n2)cc1. The van der Waals surface area contributed by atoms with Gasteiger partial charge in [-0.3, -0.25) is 0 Å². The van der Waals surface area contributed by atoms with Crippen LogP contribution in [0.5, 0.6) is 0 Å². The number of nitrogens with zero attached hydrogens (tertiary/aromatic N) is 5. The molecule has 0 bridgehead atoms. The molecule has 0 aliphatic rings. The van der Waals surface area contributed by atoms with E-state index >= 15 is 0 Å². The highest BCUT2D eigenvalue weighted by molar-refractivity contribution is 6.10. The summed E-state index contributed by atoms with van der Waals surface area (Å²) >= 11 is 0. The van der Waals surface area contributed by atoms with E-state index in [4.69, 9.17) is 24.4 Å². The predicted molar refractivity (Wildman–Crippen MR) is 226 cm³/mol. The van der Waals surface area contributed by atoms with E-state index < -0.39 is 0 Å². The fourth-order valence-corrected chi connectivity index (χ4v) is 7.84. The molecule has 0 saturated heterocycles. The summed E-state index contributed by atoms with van der Waals surface area (Å²) in [5, 5.41) is 4.57. The minimum absolute atomic E-state index is 0.611. The van der Waals surface area contributed by atoms with Crippen molar-refractivity contribution in [1.29, 1.82) is 0 Å². The van der Waals surface area contributed by atoms with Gasteiger partial charge in [0.05, 0.1) is 11.0 Å². The van der Waals surface area contributed by atoms with Crippen molar-refractivity contribution in [2.45, 2.75) is 0 Å². The standard InChI is InChI=1S/C50H31N5O/c1-3-13-33(14-4-1)47-52-48(34-15-5-2-6-16-34)54-49(53-47)42-30-29-37(38-17-7-8-18-39(38)42)32-23-26-36(27-24-32)55-44-21-11-9-19-40(44)41-28-25-35(31-45(41)55)50-51-43-20-10-12-22-46(43)56-50/h1-31H. The fourth-order valence-electron chi connectivity index (χ4n) is 7.84. The first kappa shape index (κ1) is 31.8. The Balaban J connectivity index is 1.02. The van der Waals surface area contributed by atoms with E-state index in [1.54, 1.807) is 0 Å². The smallest absolute Gasteiger partial charge is 0.227 e. The van der Waals surface area contributed by atoms with E-state index in [1.165, 1.54) is 10.8 Å². The highest BCUT2D eigenvalue weighted by Gasteiger charge is 2.18. The molecule has 56 heavy (non-hydrogen) atoms. The van der Waals surface area contributed by atoms with Crippen LogP contribution in [0, 0.1) is 0 Å². The molecule has 6 nitrogen and oxygen atoms in total. The van der Waals surface area contributed by atoms with E-state index in [9.17, 15) is 0 Å². The summed E-state index contributed by atoms with van der Waals surface area (Å²) in [6.45, 7) is 0. The highest BCUT2D eigenvalue weighted by Crippen LogP contribution is 2.38. The zero-order chi connectivity index (χ0) is 37.0. The van der Waals surface area contributed by atoms with Crippen molar-refractivity contribution in [3.05, 3.63) is 188 Å². The summed E-state index contributed by atoms with van der Waals surface area (Å²) in [7, 11) is 0. The molecule has 11 rings (SSSR count). The number of rotatable bonds is 6. The molecule has 262 valence electrons. The topological polar surface area (TPSA) is 69.6 Å². The van der Waals surface area contributed by atoms with Crippen LogP contribution < -0.4 is 0 Å². The van der Waals surface area contributed by atoms with Crippen molar-refractivity contribution < 1.29 is 4.42 Å². The molecule has 0 fully saturated rings. The van der Waals surface area contributed by atoms with Crippen molar-refractivity contribution in [2.24, 2.45) is 0 Å². The number of benzene rings is 8. The molecule has 0 unspecified atom stereocenters. The van der Waals surface area contributed by atoms with Crippen molar-refractivity contribution in [1.82, 2.24) is 24.5 Å². The fraction of sp³-hybridized carbons (Fsp3) is 0. The van der Waals surface area contributed by atoms with E-state index in [2.05, 4.69) is 108 Å². The Hall–Kier alpha value is -7.70. The lowest BCUT2D eigenvalue weighted by molar-refractivity contribution is 0.620. The third-order valence-electron chi connectivity index (χ3n) is 10.5. The molecule has 0 aliphatic carbocycles. The Kier molecular flexibility index (Phi) is 7.38. The van der Waals surface area contributed by atoms with Gasteiger partial charge in [-0.2, -0.15) is 0 Å². The lowest BCUT2D eigenvalue weighted by Crippen LogP contribution is -2.00. The van der Waals surface area contributed by atoms with Gasteiger partial charge in [-0.05, 0) is 70.4 Å². The largest absolute Gasteiger partial charge is 0.436 e. The summed E-state index contributed by atoms with van der Waals surface area (Å²) in [6, 6.07) is 64.8. The number of hydrogen-bond donors (Lipinski definition) is 0. The third-order valence-corrected chi connectivity index (χ3v) is 10.5. The van der Waals surface area contributed by atoms with Gasteiger partial charge in [-0.1, -0.05) is 140 Å². The minimum atomic E-state index is 0.611. The molecule has 8 aromatic carbocycles. The first-order valence-electron chi connectivity index (χ1n) is 18.6. The van der Waals surface area contributed by atoms with Gasteiger partial charge in [0.2, 0.25) is 5.89 Å². The van der Waals surface area contributed by atoms with E-state index in [0.29, 0.717) is 23.4 Å². The van der Waals surface area contributed by atoms with Crippen LogP contribution >= 0.6 is 0 Å². The Morgan fingerprint density at radius 3 is 1.62 bits per heavy atom. The summed E-state index contributed by atoms with van der Waals surface area (Å²) in [5.74, 6) is 2.54. The van der Waals surface area contributed by atoms with Crippen LogP contribution in [-0.4, -0.2) is 24.5 Å². The number of fused-ring (bicyclic) bond motifs is 5. The monoisotopic (exact) mass is 717 g/mol. The van der Waals surface area contributed by atoms with Crippen LogP contribution in [0.4, 0.5) is 0 Å². The van der Waals surface area contributed by atoms with Crippen molar-refractivity contribution in [2.75, 3.05) is 0 Å². The number of hydrogen-bond acceptors (Lipinski definition) is 5. The molecule has 0 aliphatic heterocycles. The van der Waals surface area contributed by atoms with E-state index in [0.717, 1.165) is 72.0 Å². The zero-order valence-corrected chi connectivity index (χ0v) is 30.0. The maximum atomic E-state index is 6.18. The average molecular weight is 718 g/mol. The number of para-hydroxylation sites is 3. The van der Waals surface area contributed by atoms with Gasteiger partial charge in [-0.25, -0.2) is 19.9 Å². The van der Waals surface area contributed by atoms with Crippen molar-refractivity contribution in [3.8, 4) is 62.4 Å². The maximum absolute atomic E-state index is 6.18. The van der Waals surface area contributed by atoms with Gasteiger partial charge in [0.25, 0.3) is 0 Å². The Morgan fingerprint density at radius 2 is 0.911 bits per heavy atom. The van der Waals surface area contributed by atoms with Crippen molar-refractivity contribution >= 4 is 43.7 Å². The average Bonchev–Trinajstić information content (AvgIpc) is 3.86. The van der Waals surface area contributed by atoms with Crippen LogP contribution in [0.2, 0.25) is 0 Å². The van der Waals surface area contributed by atoms with Crippen LogP contribution in [0.1, 0.15) is 0 Å². The minimum Gasteiger partial charge on any atom is -0.436 e. The van der Waals surface area contributed by atoms with Gasteiger partial charge >= 0.3 is 0 Å². The second kappa shape index (κ2) is 13.0. The van der Waals surface area contributed by atoms with Gasteiger partial charge in [0.15, 0.2) is 23.1 Å². The summed E-state index contributed by atoms with van der Waals surface area (Å²) < 4.78 is 8.51. The normalized spacial score (nSPS) is 11.6. The van der Waals surface area contributed by atoms with E-state index in [-0.39, 0.29) is 0 Å². The molecule has 0 radical (unpaired) electrons. The molecule has 3 aromatic heterocycles. The molecule has 0 atom stereocenters. The van der Waals surface area contributed by atoms with Gasteiger partial charge in [-0.15, -0.1) is 0 Å². The van der Waals surface area contributed by atoms with Crippen LogP contribution in [0.25, 0.3) is 106 Å². The van der Waals surface area contributed by atoms with Crippen molar-refractivity contribution in [3.63, 3.8) is 0 Å². The Morgan fingerprint density at radius 1 is 0.357 bits per heavy atom. The first-order valence-corrected chi connectivity index (χ1v) is 18.6. The van der Waals surface area contributed by atoms with Crippen LogP contribution in [0.15, 0.2) is 192 Å². The first-order chi connectivity index (χ1) is 27.7. The zero-order valence-electron chi connectivity index (χ0n) is 30.0. The molecule has 6 heteroatoms. The van der Waals surface area contributed by atoms with Crippen LogP contribution in [0.3, 0.4) is 0 Å². The molecule has 11 aromatic rings. The second-order valence-electron chi connectivity index (χ2n) is 13.9. The number of oxazole rings is 1. The lowest BCUT2D eigenvalue weighted by atomic mass is 9.94.